The third kappa shape index (κ3) is 4.46. The van der Waals surface area contributed by atoms with Gasteiger partial charge in [0.05, 0.1) is 6.20 Å². The van der Waals surface area contributed by atoms with E-state index in [1.54, 1.807) is 25.5 Å². The molecule has 2 N–H and O–H groups in total. The van der Waals surface area contributed by atoms with Crippen molar-refractivity contribution < 1.29 is 9.53 Å². The molecule has 6 nitrogen and oxygen atoms in total. The minimum Gasteiger partial charge on any atom is -0.489 e. The zero-order chi connectivity index (χ0) is 17.4. The maximum Gasteiger partial charge on any atom is 0.258 e. The summed E-state index contributed by atoms with van der Waals surface area (Å²) >= 11 is 0. The van der Waals surface area contributed by atoms with Gasteiger partial charge in [0, 0.05) is 13.2 Å². The Morgan fingerprint density at radius 1 is 1.29 bits per heavy atom. The van der Waals surface area contributed by atoms with E-state index in [0.29, 0.717) is 12.2 Å². The number of guanidine groups is 1. The molecule has 0 aromatic carbocycles. The Balaban J connectivity index is 1.95. The molecule has 0 aliphatic carbocycles. The summed E-state index contributed by atoms with van der Waals surface area (Å²) in [6.45, 7) is 2.41. The zero-order valence-corrected chi connectivity index (χ0v) is 14.7. The number of rotatable bonds is 10. The smallest absolute Gasteiger partial charge is 0.258 e. The van der Waals surface area contributed by atoms with Crippen LogP contribution in [0, 0.1) is 5.41 Å². The summed E-state index contributed by atoms with van der Waals surface area (Å²) in [6, 6.07) is 3.62. The lowest BCUT2D eigenvalue weighted by Gasteiger charge is -2.26. The van der Waals surface area contributed by atoms with Gasteiger partial charge in [-0.15, -0.1) is 0 Å². The van der Waals surface area contributed by atoms with Crippen LogP contribution in [0.15, 0.2) is 24.5 Å². The van der Waals surface area contributed by atoms with Crippen LogP contribution in [-0.4, -0.2) is 40.9 Å². The number of carbonyl (C=O) groups excluding carboxylic acids is 1. The molecule has 2 rings (SSSR count). The van der Waals surface area contributed by atoms with Gasteiger partial charge in [-0.25, -0.2) is 0 Å². The first kappa shape index (κ1) is 18.2. The molecule has 0 saturated carbocycles. The molecule has 1 unspecified atom stereocenters. The highest BCUT2D eigenvalue weighted by molar-refractivity contribution is 6.07. The molecule has 1 fully saturated rings. The first-order valence-corrected chi connectivity index (χ1v) is 8.77. The van der Waals surface area contributed by atoms with Crippen LogP contribution in [0.25, 0.3) is 0 Å². The molecule has 1 aromatic heterocycles. The molecule has 1 aliphatic heterocycles. The summed E-state index contributed by atoms with van der Waals surface area (Å²) in [6.07, 6.45) is 11.0. The van der Waals surface area contributed by atoms with Gasteiger partial charge < -0.3 is 10.1 Å². The van der Waals surface area contributed by atoms with E-state index in [-0.39, 0.29) is 18.5 Å². The Kier molecular flexibility index (Phi) is 6.58. The van der Waals surface area contributed by atoms with Gasteiger partial charge in [-0.3, -0.25) is 20.1 Å². The maximum atomic E-state index is 12.7. The molecule has 1 saturated heterocycles. The van der Waals surface area contributed by atoms with Crippen molar-refractivity contribution in [1.29, 1.82) is 5.41 Å². The quantitative estimate of drug-likeness (QED) is 0.646. The average molecular weight is 332 g/mol. The average Bonchev–Trinajstić information content (AvgIpc) is 2.82. The van der Waals surface area contributed by atoms with E-state index in [4.69, 9.17) is 10.1 Å². The molecule has 2 heterocycles. The minimum absolute atomic E-state index is 0.0926. The molecule has 1 aromatic rings. The molecule has 24 heavy (non-hydrogen) atoms. The van der Waals surface area contributed by atoms with E-state index in [9.17, 15) is 4.79 Å². The van der Waals surface area contributed by atoms with Gasteiger partial charge in [-0.2, -0.15) is 0 Å². The number of likely N-dealkylation sites (N-methyl/N-ethyl adjacent to an activating group) is 1. The summed E-state index contributed by atoms with van der Waals surface area (Å²) in [5, 5.41) is 11.0. The van der Waals surface area contributed by atoms with E-state index in [1.807, 2.05) is 6.07 Å². The lowest BCUT2D eigenvalue weighted by atomic mass is 9.92. The number of unbranched alkanes of at least 4 members (excludes halogenated alkanes) is 5. The summed E-state index contributed by atoms with van der Waals surface area (Å²) in [4.78, 5) is 18.0. The maximum absolute atomic E-state index is 12.7. The number of aromatic nitrogens is 1. The van der Waals surface area contributed by atoms with Gasteiger partial charge in [0.25, 0.3) is 5.91 Å². The zero-order valence-electron chi connectivity index (χ0n) is 14.7. The fourth-order valence-electron chi connectivity index (χ4n) is 2.97. The molecule has 1 aliphatic rings. The number of ether oxygens (including phenoxy) is 1. The van der Waals surface area contributed by atoms with Crippen LogP contribution < -0.4 is 10.1 Å². The predicted octanol–water partition coefficient (Wildman–Crippen LogP) is 2.95. The third-order valence-electron chi connectivity index (χ3n) is 4.48. The molecular formula is C18H28N4O2. The van der Waals surface area contributed by atoms with E-state index < -0.39 is 5.54 Å². The molecule has 0 bridgehead atoms. The van der Waals surface area contributed by atoms with E-state index in [2.05, 4.69) is 17.2 Å². The van der Waals surface area contributed by atoms with Crippen molar-refractivity contribution in [2.75, 3.05) is 13.7 Å². The summed E-state index contributed by atoms with van der Waals surface area (Å²) in [5.74, 6) is 0.682. The number of hydrogen-bond acceptors (Lipinski definition) is 4. The molecule has 1 amide bonds. The van der Waals surface area contributed by atoms with Crippen molar-refractivity contribution >= 4 is 11.9 Å². The van der Waals surface area contributed by atoms with Crippen molar-refractivity contribution in [3.05, 3.63) is 24.5 Å². The second kappa shape index (κ2) is 8.66. The molecule has 132 valence electrons. The number of nitrogens with one attached hydrogen (secondary N) is 2. The van der Waals surface area contributed by atoms with Gasteiger partial charge in [0.15, 0.2) is 11.5 Å². The largest absolute Gasteiger partial charge is 0.489 e. The molecular weight excluding hydrogens is 304 g/mol. The van der Waals surface area contributed by atoms with E-state index >= 15 is 0 Å². The fraction of sp³-hybridized carbons (Fsp3) is 0.611. The summed E-state index contributed by atoms with van der Waals surface area (Å²) in [5.41, 5.74) is -0.841. The summed E-state index contributed by atoms with van der Waals surface area (Å²) in [7, 11) is 1.63. The van der Waals surface area contributed by atoms with Gasteiger partial charge >= 0.3 is 0 Å². The van der Waals surface area contributed by atoms with Crippen molar-refractivity contribution in [2.45, 2.75) is 57.4 Å². The van der Waals surface area contributed by atoms with Crippen molar-refractivity contribution in [3.63, 3.8) is 0 Å². The summed E-state index contributed by atoms with van der Waals surface area (Å²) < 4.78 is 5.79. The number of amides is 1. The van der Waals surface area contributed by atoms with E-state index in [1.165, 1.54) is 30.6 Å². The van der Waals surface area contributed by atoms with Crippen molar-refractivity contribution in [1.82, 2.24) is 15.2 Å². The van der Waals surface area contributed by atoms with Crippen molar-refractivity contribution in [2.24, 2.45) is 0 Å². The first-order valence-electron chi connectivity index (χ1n) is 8.77. The van der Waals surface area contributed by atoms with Crippen LogP contribution in [-0.2, 0) is 4.79 Å². The lowest BCUT2D eigenvalue weighted by molar-refractivity contribution is -0.131. The van der Waals surface area contributed by atoms with Gasteiger partial charge in [-0.05, 0) is 18.6 Å². The standard InChI is InChI=1S/C18H28N4O2/c1-3-4-5-6-7-8-11-18(16(23)22(2)17(19)21-18)14-24-15-10-9-12-20-13-15/h9-10,12-13H,3-8,11,14H2,1-2H3,(H2,19,21). The van der Waals surface area contributed by atoms with Crippen LogP contribution in [0.2, 0.25) is 0 Å². The highest BCUT2D eigenvalue weighted by Gasteiger charge is 2.48. The Labute approximate surface area is 144 Å². The molecule has 0 spiro atoms. The van der Waals surface area contributed by atoms with Gasteiger partial charge in [0.1, 0.15) is 12.4 Å². The van der Waals surface area contributed by atoms with Gasteiger partial charge in [0.2, 0.25) is 0 Å². The third-order valence-corrected chi connectivity index (χ3v) is 4.48. The minimum atomic E-state index is -0.841. The topological polar surface area (TPSA) is 78.3 Å². The van der Waals surface area contributed by atoms with Crippen LogP contribution in [0.3, 0.4) is 0 Å². The Morgan fingerprint density at radius 2 is 2.04 bits per heavy atom. The second-order valence-electron chi connectivity index (χ2n) is 6.42. The molecule has 6 heteroatoms. The van der Waals surface area contributed by atoms with Crippen LogP contribution in [0.4, 0.5) is 0 Å². The number of pyridine rings is 1. The van der Waals surface area contributed by atoms with Crippen LogP contribution in [0.1, 0.15) is 51.9 Å². The SMILES string of the molecule is CCCCCCCCC1(COc2cccnc2)NC(=N)N(C)C1=O. The monoisotopic (exact) mass is 332 g/mol. The molecule has 1 atom stereocenters. The Morgan fingerprint density at radius 3 is 2.67 bits per heavy atom. The highest BCUT2D eigenvalue weighted by Crippen LogP contribution is 2.25. The Bertz CT molecular complexity index is 549. The highest BCUT2D eigenvalue weighted by atomic mass is 16.5. The molecule has 0 radical (unpaired) electrons. The second-order valence-corrected chi connectivity index (χ2v) is 6.42. The van der Waals surface area contributed by atoms with Crippen molar-refractivity contribution in [3.8, 4) is 5.75 Å². The first-order chi connectivity index (χ1) is 11.6. The van der Waals surface area contributed by atoms with Crippen LogP contribution in [0.5, 0.6) is 5.75 Å². The Hall–Kier alpha value is -2.11. The number of nitrogens with zero attached hydrogens (tertiary/aromatic N) is 2. The lowest BCUT2D eigenvalue weighted by Crippen LogP contribution is -2.51. The number of hydrogen-bond donors (Lipinski definition) is 2. The predicted molar refractivity (Wildman–Crippen MR) is 94.1 cm³/mol. The van der Waals surface area contributed by atoms with Crippen LogP contribution >= 0.6 is 0 Å². The normalized spacial score (nSPS) is 20.3. The van der Waals surface area contributed by atoms with Gasteiger partial charge in [-0.1, -0.05) is 45.4 Å². The fourth-order valence-corrected chi connectivity index (χ4v) is 2.97. The number of carbonyl (C=O) groups is 1. The van der Waals surface area contributed by atoms with E-state index in [0.717, 1.165) is 12.8 Å².